The minimum absolute atomic E-state index is 0.0676. The van der Waals surface area contributed by atoms with Crippen molar-refractivity contribution >= 4 is 23.2 Å². The number of carbonyl (C=O) groups excluding carboxylic acids is 1. The molecule has 1 fully saturated rings. The minimum Gasteiger partial charge on any atom is -0.369 e. The number of rotatable bonds is 6. The van der Waals surface area contributed by atoms with E-state index in [1.54, 1.807) is 12.4 Å². The Bertz CT molecular complexity index is 953. The molecule has 1 amide bonds. The molecule has 4 rings (SSSR count). The fourth-order valence-corrected chi connectivity index (χ4v) is 3.75. The second-order valence-electron chi connectivity index (χ2n) is 7.48. The third kappa shape index (κ3) is 5.38. The third-order valence-corrected chi connectivity index (χ3v) is 5.61. The maximum Gasteiger partial charge on any atom is 0.251 e. The van der Waals surface area contributed by atoms with Crippen LogP contribution in [0.1, 0.15) is 21.5 Å². The van der Waals surface area contributed by atoms with Crippen LogP contribution in [0.15, 0.2) is 73.1 Å². The molecular weight excluding hydrogens is 396 g/mol. The second kappa shape index (κ2) is 9.74. The maximum atomic E-state index is 12.4. The first-order valence-corrected chi connectivity index (χ1v) is 10.5. The molecule has 1 aromatic heterocycles. The van der Waals surface area contributed by atoms with Crippen molar-refractivity contribution in [1.29, 1.82) is 0 Å². The van der Waals surface area contributed by atoms with Crippen molar-refractivity contribution in [2.75, 3.05) is 31.1 Å². The van der Waals surface area contributed by atoms with Gasteiger partial charge in [0.15, 0.2) is 0 Å². The predicted molar refractivity (Wildman–Crippen MR) is 121 cm³/mol. The lowest BCUT2D eigenvalue weighted by Gasteiger charge is -2.36. The average molecular weight is 421 g/mol. The lowest BCUT2D eigenvalue weighted by molar-refractivity contribution is 0.0951. The summed E-state index contributed by atoms with van der Waals surface area (Å²) in [6, 6.07) is 19.8. The van der Waals surface area contributed by atoms with Crippen LogP contribution in [0.3, 0.4) is 0 Å². The van der Waals surface area contributed by atoms with Crippen LogP contribution in [0.25, 0.3) is 0 Å². The van der Waals surface area contributed by atoms with Crippen molar-refractivity contribution in [3.63, 3.8) is 0 Å². The molecule has 0 spiro atoms. The number of halogens is 1. The summed E-state index contributed by atoms with van der Waals surface area (Å²) in [7, 11) is 0. The molecule has 1 N–H and O–H groups in total. The zero-order chi connectivity index (χ0) is 20.8. The highest BCUT2D eigenvalue weighted by molar-refractivity contribution is 6.30. The number of nitrogens with one attached hydrogen (secondary N) is 1. The van der Waals surface area contributed by atoms with Gasteiger partial charge in [0.2, 0.25) is 0 Å². The second-order valence-corrected chi connectivity index (χ2v) is 7.92. The Labute approximate surface area is 182 Å². The molecule has 5 nitrogen and oxygen atoms in total. The van der Waals surface area contributed by atoms with E-state index in [0.717, 1.165) is 43.3 Å². The van der Waals surface area contributed by atoms with E-state index in [1.807, 2.05) is 48.5 Å². The maximum absolute atomic E-state index is 12.4. The van der Waals surface area contributed by atoms with Gasteiger partial charge in [-0.25, -0.2) is 0 Å². The van der Waals surface area contributed by atoms with E-state index in [0.29, 0.717) is 12.1 Å². The molecule has 2 aromatic carbocycles. The van der Waals surface area contributed by atoms with Gasteiger partial charge in [-0.2, -0.15) is 0 Å². The van der Waals surface area contributed by atoms with E-state index < -0.39 is 0 Å². The Kier molecular flexibility index (Phi) is 6.62. The van der Waals surface area contributed by atoms with Gasteiger partial charge in [0.1, 0.15) is 0 Å². The topological polar surface area (TPSA) is 48.5 Å². The number of carbonyl (C=O) groups is 1. The summed E-state index contributed by atoms with van der Waals surface area (Å²) in [5, 5.41) is 3.71. The van der Waals surface area contributed by atoms with Gasteiger partial charge in [-0.05, 0) is 53.6 Å². The number of anilines is 1. The zero-order valence-corrected chi connectivity index (χ0v) is 17.6. The number of nitrogens with zero attached hydrogens (tertiary/aromatic N) is 3. The molecule has 0 bridgehead atoms. The van der Waals surface area contributed by atoms with Crippen LogP contribution in [0, 0.1) is 0 Å². The molecule has 0 aliphatic carbocycles. The lowest BCUT2D eigenvalue weighted by Crippen LogP contribution is -2.45. The van der Waals surface area contributed by atoms with E-state index in [1.165, 1.54) is 11.3 Å². The van der Waals surface area contributed by atoms with E-state index in [4.69, 9.17) is 11.6 Å². The van der Waals surface area contributed by atoms with Crippen LogP contribution in [0.2, 0.25) is 5.02 Å². The number of amides is 1. The lowest BCUT2D eigenvalue weighted by atomic mass is 10.1. The first-order chi connectivity index (χ1) is 14.7. The summed E-state index contributed by atoms with van der Waals surface area (Å²) >= 11 is 5.99. The molecule has 0 unspecified atom stereocenters. The van der Waals surface area contributed by atoms with E-state index >= 15 is 0 Å². The van der Waals surface area contributed by atoms with Gasteiger partial charge in [0.05, 0.1) is 0 Å². The van der Waals surface area contributed by atoms with Crippen molar-refractivity contribution in [3.8, 4) is 0 Å². The SMILES string of the molecule is O=C(NCc1cccnc1)c1ccc(CN2CCN(c3ccc(Cl)cc3)CC2)cc1. The first-order valence-electron chi connectivity index (χ1n) is 10.2. The fourth-order valence-electron chi connectivity index (χ4n) is 3.62. The van der Waals surface area contributed by atoms with Gasteiger partial charge in [-0.3, -0.25) is 14.7 Å². The quantitative estimate of drug-likeness (QED) is 0.655. The number of pyridine rings is 1. The zero-order valence-electron chi connectivity index (χ0n) is 16.8. The molecule has 6 heteroatoms. The molecule has 1 aliphatic rings. The molecule has 0 radical (unpaired) electrons. The summed E-state index contributed by atoms with van der Waals surface area (Å²) in [6.07, 6.45) is 3.48. The number of hydrogen-bond donors (Lipinski definition) is 1. The molecule has 30 heavy (non-hydrogen) atoms. The molecule has 0 saturated carbocycles. The molecule has 3 aromatic rings. The van der Waals surface area contributed by atoms with Crippen LogP contribution < -0.4 is 10.2 Å². The minimum atomic E-state index is -0.0676. The first kappa shape index (κ1) is 20.4. The number of aromatic nitrogens is 1. The normalized spacial score (nSPS) is 14.5. The van der Waals surface area contributed by atoms with Crippen LogP contribution in [0.4, 0.5) is 5.69 Å². The van der Waals surface area contributed by atoms with Crippen molar-refractivity contribution in [3.05, 3.63) is 94.8 Å². The highest BCUT2D eigenvalue weighted by atomic mass is 35.5. The van der Waals surface area contributed by atoms with Crippen molar-refractivity contribution < 1.29 is 4.79 Å². The van der Waals surface area contributed by atoms with E-state index in [-0.39, 0.29) is 5.91 Å². The molecular formula is C24H25ClN4O. The summed E-state index contributed by atoms with van der Waals surface area (Å²) in [5.74, 6) is -0.0676. The third-order valence-electron chi connectivity index (χ3n) is 5.36. The van der Waals surface area contributed by atoms with Crippen LogP contribution in [0.5, 0.6) is 0 Å². The number of piperazine rings is 1. The Morgan fingerprint density at radius 3 is 2.33 bits per heavy atom. The van der Waals surface area contributed by atoms with Gasteiger partial charge >= 0.3 is 0 Å². The van der Waals surface area contributed by atoms with Crippen LogP contribution in [-0.2, 0) is 13.1 Å². The van der Waals surface area contributed by atoms with E-state index in [9.17, 15) is 4.79 Å². The number of hydrogen-bond acceptors (Lipinski definition) is 4. The van der Waals surface area contributed by atoms with E-state index in [2.05, 4.69) is 32.2 Å². The summed E-state index contributed by atoms with van der Waals surface area (Å²) in [6.45, 7) is 5.39. The van der Waals surface area contributed by atoms with Gasteiger partial charge < -0.3 is 10.2 Å². The Balaban J connectivity index is 1.25. The van der Waals surface area contributed by atoms with Gasteiger partial charge in [-0.1, -0.05) is 29.8 Å². The fraction of sp³-hybridized carbons (Fsp3) is 0.250. The highest BCUT2D eigenvalue weighted by Crippen LogP contribution is 2.20. The number of benzene rings is 2. The van der Waals surface area contributed by atoms with Gasteiger partial charge in [-0.15, -0.1) is 0 Å². The molecule has 1 saturated heterocycles. The largest absolute Gasteiger partial charge is 0.369 e. The summed E-state index contributed by atoms with van der Waals surface area (Å²) < 4.78 is 0. The Hall–Kier alpha value is -2.89. The molecule has 1 aliphatic heterocycles. The molecule has 2 heterocycles. The van der Waals surface area contributed by atoms with Crippen molar-refractivity contribution in [1.82, 2.24) is 15.2 Å². The molecule has 0 atom stereocenters. The monoisotopic (exact) mass is 420 g/mol. The Morgan fingerprint density at radius 2 is 1.67 bits per heavy atom. The van der Waals surface area contributed by atoms with Crippen molar-refractivity contribution in [2.24, 2.45) is 0 Å². The smallest absolute Gasteiger partial charge is 0.251 e. The standard InChI is InChI=1S/C24H25ClN4O/c25-22-7-9-23(10-8-22)29-14-12-28(13-15-29)18-19-3-5-21(6-4-19)24(30)27-17-20-2-1-11-26-16-20/h1-11,16H,12-15,17-18H2,(H,27,30). The van der Waals surface area contributed by atoms with Crippen LogP contribution >= 0.6 is 11.6 Å². The molecule has 154 valence electrons. The van der Waals surface area contributed by atoms with Crippen molar-refractivity contribution in [2.45, 2.75) is 13.1 Å². The highest BCUT2D eigenvalue weighted by Gasteiger charge is 2.17. The predicted octanol–water partition coefficient (Wildman–Crippen LogP) is 3.99. The summed E-state index contributed by atoms with van der Waals surface area (Å²) in [4.78, 5) is 21.3. The summed E-state index contributed by atoms with van der Waals surface area (Å²) in [5.41, 5.74) is 4.11. The average Bonchev–Trinajstić information content (AvgIpc) is 2.80. The van der Waals surface area contributed by atoms with Gasteiger partial charge in [0, 0.05) is 67.9 Å². The Morgan fingerprint density at radius 1 is 0.933 bits per heavy atom. The van der Waals surface area contributed by atoms with Crippen LogP contribution in [-0.4, -0.2) is 42.0 Å². The van der Waals surface area contributed by atoms with Gasteiger partial charge in [0.25, 0.3) is 5.91 Å².